The van der Waals surface area contributed by atoms with Crippen molar-refractivity contribution >= 4 is 24.0 Å². The maximum atomic E-state index is 13.4. The Hall–Kier alpha value is -3.03. The van der Waals surface area contributed by atoms with E-state index in [2.05, 4.69) is 15.3 Å². The van der Waals surface area contributed by atoms with Crippen LogP contribution in [0, 0.1) is 13.8 Å². The minimum absolute atomic E-state index is 0.102. The summed E-state index contributed by atoms with van der Waals surface area (Å²) in [4.78, 5) is 18.8. The largest absolute Gasteiger partial charge is 0.399 e. The topological polar surface area (TPSA) is 54.9 Å². The molecular weight excluding hydrogens is 451 g/mol. The third-order valence-electron chi connectivity index (χ3n) is 4.63. The Morgan fingerprint density at radius 1 is 1.09 bits per heavy atom. The fourth-order valence-corrected chi connectivity index (χ4v) is 3.37. The lowest BCUT2D eigenvalue weighted by Crippen LogP contribution is -2.19. The molecule has 1 atom stereocenters. The molecule has 1 aromatic heterocycles. The first-order valence-corrected chi connectivity index (χ1v) is 10.5. The molecule has 33 heavy (non-hydrogen) atoms. The molecule has 0 radical (unpaired) electrons. The van der Waals surface area contributed by atoms with Crippen LogP contribution in [0.4, 0.5) is 13.2 Å². The number of aromatic nitrogens is 2. The molecular formula is C25H25ClF3N3O. The Labute approximate surface area is 196 Å². The lowest BCUT2D eigenvalue weighted by molar-refractivity contribution is -0.139. The summed E-state index contributed by atoms with van der Waals surface area (Å²) in [5.41, 5.74) is 2.61. The van der Waals surface area contributed by atoms with Crippen LogP contribution in [0.5, 0.6) is 0 Å². The molecule has 0 aliphatic carbocycles. The molecule has 3 aromatic rings. The highest BCUT2D eigenvalue weighted by Crippen LogP contribution is 2.37. The average Bonchev–Trinajstić information content (AvgIpc) is 2.74. The second kappa shape index (κ2) is 12.3. The highest BCUT2D eigenvalue weighted by Gasteiger charge is 2.39. The van der Waals surface area contributed by atoms with Crippen molar-refractivity contribution < 1.29 is 18.0 Å². The van der Waals surface area contributed by atoms with Gasteiger partial charge in [0, 0.05) is 23.0 Å². The molecule has 0 aliphatic heterocycles. The van der Waals surface area contributed by atoms with Gasteiger partial charge in [-0.3, -0.25) is 4.79 Å². The van der Waals surface area contributed by atoms with Gasteiger partial charge in [-0.1, -0.05) is 48.0 Å². The van der Waals surface area contributed by atoms with Crippen LogP contribution in [-0.4, -0.2) is 29.5 Å². The van der Waals surface area contributed by atoms with Gasteiger partial charge >= 0.3 is 6.18 Å². The Morgan fingerprint density at radius 2 is 1.79 bits per heavy atom. The first-order chi connectivity index (χ1) is 15.6. The standard InChI is InChI=1S/C19H16ClF3O.C6H9N3/c1-12-7-16(10-17(20)8-12)18(19(21,22)23)6-4-14-3-5-15(11-24)13(2)9-14;1-7-5-6-8-3-2-4-9-6/h3-11,18H,1-2H3;2-4,7H,5H2,1H3/b6-4+;. The van der Waals surface area contributed by atoms with Crippen molar-refractivity contribution in [2.24, 2.45) is 0 Å². The van der Waals surface area contributed by atoms with Crippen LogP contribution in [0.2, 0.25) is 5.02 Å². The molecule has 0 aliphatic rings. The fourth-order valence-electron chi connectivity index (χ4n) is 3.07. The third kappa shape index (κ3) is 8.44. The summed E-state index contributed by atoms with van der Waals surface area (Å²) >= 11 is 5.89. The average molecular weight is 476 g/mol. The molecule has 0 amide bonds. The quantitative estimate of drug-likeness (QED) is 0.423. The number of alkyl halides is 3. The van der Waals surface area contributed by atoms with Gasteiger partial charge in [0.2, 0.25) is 0 Å². The first kappa shape index (κ1) is 26.2. The molecule has 0 saturated heterocycles. The lowest BCUT2D eigenvalue weighted by atomic mass is 9.95. The second-order valence-corrected chi connectivity index (χ2v) is 7.81. The maximum Gasteiger partial charge on any atom is 0.399 e. The SMILES string of the molecule is CNCc1ncccn1.Cc1cc(Cl)cc(C(/C=C/c2ccc(C=O)c(C)c2)C(F)(F)F)c1. The number of nitrogens with zero attached hydrogens (tertiary/aromatic N) is 2. The van der Waals surface area contributed by atoms with Crippen molar-refractivity contribution in [3.05, 3.63) is 99.6 Å². The summed E-state index contributed by atoms with van der Waals surface area (Å²) in [6, 6.07) is 11.1. The van der Waals surface area contributed by atoms with Gasteiger partial charge in [0.15, 0.2) is 0 Å². The highest BCUT2D eigenvalue weighted by atomic mass is 35.5. The summed E-state index contributed by atoms with van der Waals surface area (Å²) < 4.78 is 40.3. The summed E-state index contributed by atoms with van der Waals surface area (Å²) in [5.74, 6) is -0.916. The van der Waals surface area contributed by atoms with Crippen molar-refractivity contribution in [2.45, 2.75) is 32.5 Å². The molecule has 0 fully saturated rings. The molecule has 0 saturated carbocycles. The Morgan fingerprint density at radius 3 is 2.33 bits per heavy atom. The van der Waals surface area contributed by atoms with E-state index in [1.54, 1.807) is 56.6 Å². The molecule has 3 rings (SSSR count). The second-order valence-electron chi connectivity index (χ2n) is 7.37. The van der Waals surface area contributed by atoms with Gasteiger partial charge in [0.25, 0.3) is 0 Å². The van der Waals surface area contributed by atoms with Crippen molar-refractivity contribution in [1.29, 1.82) is 0 Å². The fraction of sp³-hybridized carbons (Fsp3) is 0.240. The third-order valence-corrected chi connectivity index (χ3v) is 4.85. The summed E-state index contributed by atoms with van der Waals surface area (Å²) in [7, 11) is 1.87. The zero-order valence-corrected chi connectivity index (χ0v) is 19.3. The zero-order valence-electron chi connectivity index (χ0n) is 18.5. The van der Waals surface area contributed by atoms with E-state index in [-0.39, 0.29) is 10.6 Å². The maximum absolute atomic E-state index is 13.4. The van der Waals surface area contributed by atoms with Crippen molar-refractivity contribution in [3.8, 4) is 0 Å². The molecule has 2 aromatic carbocycles. The number of carbonyl (C=O) groups excluding carboxylic acids is 1. The number of carbonyl (C=O) groups is 1. The van der Waals surface area contributed by atoms with Gasteiger partial charge in [0.1, 0.15) is 12.1 Å². The summed E-state index contributed by atoms with van der Waals surface area (Å²) in [5, 5.41) is 3.24. The molecule has 1 unspecified atom stereocenters. The van der Waals surface area contributed by atoms with E-state index in [0.717, 1.165) is 24.7 Å². The molecule has 4 nitrogen and oxygen atoms in total. The number of allylic oxidation sites excluding steroid dienone is 1. The van der Waals surface area contributed by atoms with E-state index >= 15 is 0 Å². The van der Waals surface area contributed by atoms with E-state index < -0.39 is 12.1 Å². The van der Waals surface area contributed by atoms with Crippen molar-refractivity contribution in [2.75, 3.05) is 7.05 Å². The number of halogens is 4. The number of hydrogen-bond donors (Lipinski definition) is 1. The molecule has 1 N–H and O–H groups in total. The van der Waals surface area contributed by atoms with E-state index in [4.69, 9.17) is 11.6 Å². The smallest absolute Gasteiger partial charge is 0.313 e. The molecule has 0 bridgehead atoms. The number of aryl methyl sites for hydroxylation is 2. The summed E-state index contributed by atoms with van der Waals surface area (Å²) in [6.45, 7) is 4.18. The van der Waals surface area contributed by atoms with Crippen LogP contribution in [-0.2, 0) is 6.54 Å². The first-order valence-electron chi connectivity index (χ1n) is 10.1. The predicted molar refractivity (Wildman–Crippen MR) is 125 cm³/mol. The highest BCUT2D eigenvalue weighted by molar-refractivity contribution is 6.30. The van der Waals surface area contributed by atoms with E-state index in [9.17, 15) is 18.0 Å². The lowest BCUT2D eigenvalue weighted by Gasteiger charge is -2.18. The van der Waals surface area contributed by atoms with Gasteiger partial charge < -0.3 is 5.32 Å². The number of hydrogen-bond acceptors (Lipinski definition) is 4. The molecule has 174 valence electrons. The van der Waals surface area contributed by atoms with Crippen LogP contribution >= 0.6 is 11.6 Å². The van der Waals surface area contributed by atoms with Gasteiger partial charge in [-0.2, -0.15) is 13.2 Å². The van der Waals surface area contributed by atoms with Crippen LogP contribution < -0.4 is 5.32 Å². The normalized spacial score (nSPS) is 12.2. The zero-order chi connectivity index (χ0) is 24.4. The van der Waals surface area contributed by atoms with Gasteiger partial charge in [-0.15, -0.1) is 0 Å². The van der Waals surface area contributed by atoms with Gasteiger partial charge in [0.05, 0.1) is 12.5 Å². The van der Waals surface area contributed by atoms with Crippen molar-refractivity contribution in [3.63, 3.8) is 0 Å². The minimum atomic E-state index is -4.43. The Kier molecular flexibility index (Phi) is 9.75. The number of rotatable bonds is 6. The van der Waals surface area contributed by atoms with Crippen LogP contribution in [0.25, 0.3) is 6.08 Å². The Bertz CT molecular complexity index is 1070. The Balaban J connectivity index is 0.000000357. The van der Waals surface area contributed by atoms with Crippen LogP contribution in [0.15, 0.2) is 60.9 Å². The van der Waals surface area contributed by atoms with Crippen LogP contribution in [0.1, 0.15) is 44.4 Å². The monoisotopic (exact) mass is 475 g/mol. The molecule has 8 heteroatoms. The number of benzene rings is 2. The van der Waals surface area contributed by atoms with Gasteiger partial charge in [-0.25, -0.2) is 9.97 Å². The van der Waals surface area contributed by atoms with Gasteiger partial charge in [-0.05, 0) is 61.3 Å². The number of nitrogens with one attached hydrogen (secondary N) is 1. The van der Waals surface area contributed by atoms with E-state index in [1.807, 2.05) is 7.05 Å². The molecule has 1 heterocycles. The van der Waals surface area contributed by atoms with Crippen molar-refractivity contribution in [1.82, 2.24) is 15.3 Å². The molecule has 0 spiro atoms. The number of aldehydes is 1. The predicted octanol–water partition coefficient (Wildman–Crippen LogP) is 6.32. The van der Waals surface area contributed by atoms with Crippen LogP contribution in [0.3, 0.4) is 0 Å². The minimum Gasteiger partial charge on any atom is -0.313 e. The summed E-state index contributed by atoms with van der Waals surface area (Å²) in [6.07, 6.45) is 2.29. The van der Waals surface area contributed by atoms with E-state index in [1.165, 1.54) is 18.2 Å². The van der Waals surface area contributed by atoms with E-state index in [0.29, 0.717) is 22.3 Å².